The average molecular weight is 387 g/mol. The number of carbonyl (C=O) groups excluding carboxylic acids is 1. The monoisotopic (exact) mass is 387 g/mol. The van der Waals surface area contributed by atoms with Crippen molar-refractivity contribution in [1.29, 1.82) is 0 Å². The minimum Gasteiger partial charge on any atom is -0.334 e. The van der Waals surface area contributed by atoms with Crippen LogP contribution in [-0.4, -0.2) is 46.4 Å². The van der Waals surface area contributed by atoms with Crippen LogP contribution in [0.1, 0.15) is 28.8 Å². The minimum atomic E-state index is -0.149. The highest BCUT2D eigenvalue weighted by atomic mass is 16.2. The zero-order chi connectivity index (χ0) is 19.8. The predicted molar refractivity (Wildman–Crippen MR) is 114 cm³/mol. The summed E-state index contributed by atoms with van der Waals surface area (Å²) in [4.78, 5) is 33.0. The molecule has 3 aliphatic heterocycles. The molecule has 2 atom stereocenters. The van der Waals surface area contributed by atoms with Crippen molar-refractivity contribution in [2.45, 2.75) is 25.4 Å². The minimum absolute atomic E-state index is 0.0358. The smallest absolute Gasteiger partial charge is 0.256 e. The molecule has 0 unspecified atom stereocenters. The maximum Gasteiger partial charge on any atom is 0.256 e. The molecule has 2 aromatic carbocycles. The van der Waals surface area contributed by atoms with Crippen LogP contribution in [0.5, 0.6) is 0 Å². The maximum atomic E-state index is 13.5. The Morgan fingerprint density at radius 3 is 2.52 bits per heavy atom. The molecule has 0 radical (unpaired) electrons. The van der Waals surface area contributed by atoms with Gasteiger partial charge in [-0.3, -0.25) is 14.5 Å². The van der Waals surface area contributed by atoms with Gasteiger partial charge in [-0.25, -0.2) is 0 Å². The van der Waals surface area contributed by atoms with E-state index in [2.05, 4.69) is 39.0 Å². The van der Waals surface area contributed by atoms with Gasteiger partial charge in [-0.2, -0.15) is 0 Å². The quantitative estimate of drug-likeness (QED) is 0.751. The molecular weight excluding hydrogens is 362 g/mol. The Kier molecular flexibility index (Phi) is 4.68. The summed E-state index contributed by atoms with van der Waals surface area (Å²) in [7, 11) is 0. The van der Waals surface area contributed by atoms with Gasteiger partial charge in [0.25, 0.3) is 11.5 Å². The Bertz CT molecular complexity index is 1090. The Labute approximate surface area is 170 Å². The molecule has 2 bridgehead atoms. The molecule has 3 aromatic rings. The fraction of sp³-hybridized carbons (Fsp3) is 0.333. The van der Waals surface area contributed by atoms with E-state index in [9.17, 15) is 9.59 Å². The molecule has 5 heteroatoms. The number of nitrogens with one attached hydrogen (secondary N) is 1. The lowest BCUT2D eigenvalue weighted by Gasteiger charge is -2.36. The second-order valence-corrected chi connectivity index (χ2v) is 8.31. The zero-order valence-electron chi connectivity index (χ0n) is 16.4. The predicted octanol–water partition coefficient (Wildman–Crippen LogP) is 3.26. The van der Waals surface area contributed by atoms with Crippen LogP contribution in [-0.2, 0) is 6.54 Å². The third kappa shape index (κ3) is 3.47. The summed E-state index contributed by atoms with van der Waals surface area (Å²) in [6.07, 6.45) is 3.81. The molecule has 6 rings (SSSR count). The maximum absolute atomic E-state index is 13.5. The molecular formula is C24H25N3O2. The van der Waals surface area contributed by atoms with Crippen molar-refractivity contribution in [1.82, 2.24) is 14.8 Å². The normalized spacial score (nSPS) is 22.0. The molecule has 1 amide bonds. The Balaban J connectivity index is 1.42. The van der Waals surface area contributed by atoms with Crippen molar-refractivity contribution >= 4 is 16.7 Å². The van der Waals surface area contributed by atoms with Gasteiger partial charge in [-0.1, -0.05) is 48.5 Å². The van der Waals surface area contributed by atoms with Gasteiger partial charge >= 0.3 is 0 Å². The Morgan fingerprint density at radius 1 is 0.931 bits per heavy atom. The van der Waals surface area contributed by atoms with Crippen LogP contribution in [0.15, 0.2) is 65.6 Å². The molecule has 5 nitrogen and oxygen atoms in total. The standard InChI is InChI=1S/C24H25N3O2/c28-23-21-9-5-4-8-20(21)22(12-25-23)24(29)27-15-18-10-11-19(27)16-26(14-18)13-17-6-2-1-3-7-17/h1-9,12,18-19H,10-11,13-16H2,(H,25,28)/t18-,19+/m0/s1. The van der Waals surface area contributed by atoms with E-state index in [0.29, 0.717) is 16.9 Å². The summed E-state index contributed by atoms with van der Waals surface area (Å²) in [5.41, 5.74) is 1.77. The second-order valence-electron chi connectivity index (χ2n) is 8.31. The lowest BCUT2D eigenvalue weighted by atomic mass is 9.94. The highest BCUT2D eigenvalue weighted by Crippen LogP contribution is 2.30. The molecule has 1 N–H and O–H groups in total. The summed E-state index contributed by atoms with van der Waals surface area (Å²) < 4.78 is 0. The highest BCUT2D eigenvalue weighted by molar-refractivity contribution is 6.06. The van der Waals surface area contributed by atoms with Gasteiger partial charge in [0.05, 0.1) is 5.56 Å². The molecule has 0 spiro atoms. The second kappa shape index (κ2) is 7.48. The number of rotatable bonds is 3. The molecule has 1 aromatic heterocycles. The van der Waals surface area contributed by atoms with E-state index < -0.39 is 0 Å². The first-order chi connectivity index (χ1) is 14.2. The van der Waals surface area contributed by atoms with Crippen molar-refractivity contribution in [2.75, 3.05) is 19.6 Å². The van der Waals surface area contributed by atoms with E-state index in [1.165, 1.54) is 12.0 Å². The van der Waals surface area contributed by atoms with Crippen LogP contribution < -0.4 is 5.56 Å². The number of aromatic amines is 1. The number of aromatic nitrogens is 1. The third-order valence-electron chi connectivity index (χ3n) is 6.34. The number of H-pyrrole nitrogens is 1. The third-order valence-corrected chi connectivity index (χ3v) is 6.34. The fourth-order valence-electron chi connectivity index (χ4n) is 4.94. The molecule has 3 saturated heterocycles. The number of nitrogens with zero attached hydrogens (tertiary/aromatic N) is 2. The van der Waals surface area contributed by atoms with Gasteiger partial charge in [0, 0.05) is 49.2 Å². The molecule has 3 fully saturated rings. The summed E-state index contributed by atoms with van der Waals surface area (Å²) in [5, 5.41) is 1.31. The van der Waals surface area contributed by atoms with E-state index in [1.807, 2.05) is 24.3 Å². The summed E-state index contributed by atoms with van der Waals surface area (Å²) in [5.74, 6) is 0.532. The molecule has 3 aliphatic rings. The van der Waals surface area contributed by atoms with E-state index >= 15 is 0 Å². The first kappa shape index (κ1) is 18.1. The number of hydrogen-bond donors (Lipinski definition) is 1. The molecule has 0 aliphatic carbocycles. The van der Waals surface area contributed by atoms with Gasteiger partial charge in [0.2, 0.25) is 0 Å². The fourth-order valence-corrected chi connectivity index (χ4v) is 4.94. The highest BCUT2D eigenvalue weighted by Gasteiger charge is 2.37. The van der Waals surface area contributed by atoms with Crippen molar-refractivity contribution < 1.29 is 4.79 Å². The number of fused-ring (bicyclic) bond motifs is 5. The molecule has 148 valence electrons. The molecule has 29 heavy (non-hydrogen) atoms. The first-order valence-electron chi connectivity index (χ1n) is 10.4. The van der Waals surface area contributed by atoms with Crippen LogP contribution >= 0.6 is 0 Å². The molecule has 4 heterocycles. The van der Waals surface area contributed by atoms with Crippen LogP contribution in [0, 0.1) is 5.92 Å². The number of amides is 1. The number of piperidine rings is 1. The van der Waals surface area contributed by atoms with Crippen molar-refractivity contribution in [3.63, 3.8) is 0 Å². The zero-order valence-corrected chi connectivity index (χ0v) is 16.4. The summed E-state index contributed by atoms with van der Waals surface area (Å²) in [6, 6.07) is 18.1. The lowest BCUT2D eigenvalue weighted by molar-refractivity contribution is 0.0586. The van der Waals surface area contributed by atoms with Crippen molar-refractivity contribution in [3.05, 3.63) is 82.3 Å². The van der Waals surface area contributed by atoms with Gasteiger partial charge < -0.3 is 9.88 Å². The van der Waals surface area contributed by atoms with E-state index in [0.717, 1.165) is 38.0 Å². The summed E-state index contributed by atoms with van der Waals surface area (Å²) in [6.45, 7) is 3.65. The largest absolute Gasteiger partial charge is 0.334 e. The van der Waals surface area contributed by atoms with Gasteiger partial charge in [0.15, 0.2) is 0 Å². The molecule has 0 saturated carbocycles. The SMILES string of the molecule is O=C(c1c[nH]c(=O)c2ccccc12)N1C[C@H]2CC[C@@H]1CN(Cc1ccccc1)C2. The van der Waals surface area contributed by atoms with Crippen molar-refractivity contribution in [2.24, 2.45) is 5.92 Å². The van der Waals surface area contributed by atoms with Crippen molar-refractivity contribution in [3.8, 4) is 0 Å². The van der Waals surface area contributed by atoms with Gasteiger partial charge in [-0.05, 0) is 30.4 Å². The number of pyridine rings is 1. The summed E-state index contributed by atoms with van der Waals surface area (Å²) >= 11 is 0. The average Bonchev–Trinajstić information content (AvgIpc) is 3.05. The van der Waals surface area contributed by atoms with Crippen LogP contribution in [0.4, 0.5) is 0 Å². The van der Waals surface area contributed by atoms with Gasteiger partial charge in [0.1, 0.15) is 0 Å². The lowest BCUT2D eigenvalue weighted by Crippen LogP contribution is -2.47. The topological polar surface area (TPSA) is 56.4 Å². The van der Waals surface area contributed by atoms with E-state index in [1.54, 1.807) is 12.3 Å². The first-order valence-corrected chi connectivity index (χ1v) is 10.4. The van der Waals surface area contributed by atoms with E-state index in [-0.39, 0.29) is 17.5 Å². The van der Waals surface area contributed by atoms with E-state index in [4.69, 9.17) is 0 Å². The van der Waals surface area contributed by atoms with Gasteiger partial charge in [-0.15, -0.1) is 0 Å². The number of carbonyl (C=O) groups is 1. The number of benzene rings is 2. The Hall–Kier alpha value is -2.92. The van der Waals surface area contributed by atoms with Crippen LogP contribution in [0.25, 0.3) is 10.8 Å². The number of hydrogen-bond acceptors (Lipinski definition) is 3. The van der Waals surface area contributed by atoms with Crippen LogP contribution in [0.2, 0.25) is 0 Å². The Morgan fingerprint density at radius 2 is 1.69 bits per heavy atom. The van der Waals surface area contributed by atoms with Crippen LogP contribution in [0.3, 0.4) is 0 Å².